The normalized spacial score (nSPS) is 14.6. The Hall–Kier alpha value is -0.280. The van der Waals surface area contributed by atoms with Crippen molar-refractivity contribution >= 4 is 23.2 Å². The van der Waals surface area contributed by atoms with E-state index in [1.807, 2.05) is 18.2 Å². The maximum Gasteiger partial charge on any atom is 0.0587 e. The van der Waals surface area contributed by atoms with E-state index >= 15 is 0 Å². The number of nitrogens with one attached hydrogen (secondary N) is 1. The molecule has 1 atom stereocenters. The highest BCUT2D eigenvalue weighted by Crippen LogP contribution is 2.34. The molecule has 0 aliphatic heterocycles. The first-order chi connectivity index (χ1) is 9.39. The fourth-order valence-corrected chi connectivity index (χ4v) is 2.51. The first kappa shape index (κ1) is 17.8. The van der Waals surface area contributed by atoms with E-state index in [0.717, 1.165) is 41.7 Å². The Morgan fingerprint density at radius 2 is 2.00 bits per heavy atom. The molecule has 0 fully saturated rings. The summed E-state index contributed by atoms with van der Waals surface area (Å²) in [6.45, 7) is 9.30. The van der Waals surface area contributed by atoms with Crippen molar-refractivity contribution in [2.24, 2.45) is 11.3 Å². The highest BCUT2D eigenvalue weighted by molar-refractivity contribution is 6.33. The second-order valence-corrected chi connectivity index (χ2v) is 6.73. The van der Waals surface area contributed by atoms with E-state index in [1.165, 1.54) is 0 Å². The summed E-state index contributed by atoms with van der Waals surface area (Å²) >= 11 is 12.4. The van der Waals surface area contributed by atoms with Crippen molar-refractivity contribution in [3.63, 3.8) is 0 Å². The van der Waals surface area contributed by atoms with Crippen molar-refractivity contribution in [3.05, 3.63) is 33.8 Å². The third-order valence-corrected chi connectivity index (χ3v) is 4.61. The third kappa shape index (κ3) is 5.25. The number of ether oxygens (including phenoxy) is 1. The third-order valence-electron chi connectivity index (χ3n) is 4.01. The summed E-state index contributed by atoms with van der Waals surface area (Å²) in [5, 5.41) is 4.99. The van der Waals surface area contributed by atoms with Gasteiger partial charge in [-0.05, 0) is 41.5 Å². The second kappa shape index (κ2) is 8.23. The summed E-state index contributed by atoms with van der Waals surface area (Å²) in [5.41, 5.74) is 1.24. The van der Waals surface area contributed by atoms with Gasteiger partial charge in [-0.1, -0.05) is 44.0 Å². The zero-order valence-electron chi connectivity index (χ0n) is 12.8. The second-order valence-electron chi connectivity index (χ2n) is 5.89. The molecule has 1 rings (SSSR count). The summed E-state index contributed by atoms with van der Waals surface area (Å²) in [6.07, 6.45) is 0.907. The van der Waals surface area contributed by atoms with Crippen LogP contribution in [0.15, 0.2) is 18.2 Å². The molecule has 1 aromatic carbocycles. The molecule has 0 spiro atoms. The average molecular weight is 318 g/mol. The minimum absolute atomic E-state index is 0.127. The van der Waals surface area contributed by atoms with Crippen LogP contribution in [0.4, 0.5) is 0 Å². The SMILES string of the molecule is COCCNCC(C)(Cc1cc(Cl)ccc1Cl)C(C)C. The van der Waals surface area contributed by atoms with Gasteiger partial charge in [0.25, 0.3) is 0 Å². The van der Waals surface area contributed by atoms with Gasteiger partial charge in [0, 0.05) is 30.2 Å². The summed E-state index contributed by atoms with van der Waals surface area (Å²) in [5.74, 6) is 0.535. The molecule has 4 heteroatoms. The zero-order chi connectivity index (χ0) is 15.2. The van der Waals surface area contributed by atoms with Crippen LogP contribution in [-0.4, -0.2) is 26.8 Å². The lowest BCUT2D eigenvalue weighted by Gasteiger charge is -2.35. The molecule has 0 aromatic heterocycles. The van der Waals surface area contributed by atoms with Crippen LogP contribution < -0.4 is 5.32 Å². The van der Waals surface area contributed by atoms with Gasteiger partial charge in [-0.25, -0.2) is 0 Å². The molecule has 20 heavy (non-hydrogen) atoms. The molecule has 0 amide bonds. The minimum Gasteiger partial charge on any atom is -0.383 e. The maximum atomic E-state index is 6.29. The van der Waals surface area contributed by atoms with E-state index in [0.29, 0.717) is 5.92 Å². The van der Waals surface area contributed by atoms with Crippen molar-refractivity contribution in [2.45, 2.75) is 27.2 Å². The van der Waals surface area contributed by atoms with E-state index in [1.54, 1.807) is 7.11 Å². The van der Waals surface area contributed by atoms with Crippen molar-refractivity contribution in [1.29, 1.82) is 0 Å². The molecule has 0 radical (unpaired) electrons. The minimum atomic E-state index is 0.127. The van der Waals surface area contributed by atoms with Gasteiger partial charge in [0.05, 0.1) is 6.61 Å². The number of hydrogen-bond acceptors (Lipinski definition) is 2. The Labute approximate surface area is 132 Å². The average Bonchev–Trinajstić information content (AvgIpc) is 2.39. The monoisotopic (exact) mass is 317 g/mol. The maximum absolute atomic E-state index is 6.29. The molecule has 0 heterocycles. The highest BCUT2D eigenvalue weighted by Gasteiger charge is 2.29. The van der Waals surface area contributed by atoms with Crippen LogP contribution in [0.25, 0.3) is 0 Å². The molecule has 1 N–H and O–H groups in total. The van der Waals surface area contributed by atoms with Crippen LogP contribution in [0.5, 0.6) is 0 Å². The predicted molar refractivity (Wildman–Crippen MR) is 87.9 cm³/mol. The molecule has 0 aliphatic carbocycles. The molecule has 114 valence electrons. The number of methoxy groups -OCH3 is 1. The van der Waals surface area contributed by atoms with Gasteiger partial charge in [0.2, 0.25) is 0 Å². The lowest BCUT2D eigenvalue weighted by molar-refractivity contribution is 0.175. The zero-order valence-corrected chi connectivity index (χ0v) is 14.3. The largest absolute Gasteiger partial charge is 0.383 e. The number of hydrogen-bond donors (Lipinski definition) is 1. The van der Waals surface area contributed by atoms with Crippen LogP contribution >= 0.6 is 23.2 Å². The molecule has 2 nitrogen and oxygen atoms in total. The van der Waals surface area contributed by atoms with E-state index in [4.69, 9.17) is 27.9 Å². The first-order valence-electron chi connectivity index (χ1n) is 7.02. The van der Waals surface area contributed by atoms with Crippen LogP contribution in [0, 0.1) is 11.3 Å². The van der Waals surface area contributed by atoms with Gasteiger partial charge in [-0.2, -0.15) is 0 Å². The highest BCUT2D eigenvalue weighted by atomic mass is 35.5. The van der Waals surface area contributed by atoms with E-state index in [-0.39, 0.29) is 5.41 Å². The fraction of sp³-hybridized carbons (Fsp3) is 0.625. The van der Waals surface area contributed by atoms with Crippen LogP contribution in [0.2, 0.25) is 10.0 Å². The molecular weight excluding hydrogens is 293 g/mol. The van der Waals surface area contributed by atoms with Gasteiger partial charge in [0.1, 0.15) is 0 Å². The van der Waals surface area contributed by atoms with Crippen LogP contribution in [0.1, 0.15) is 26.3 Å². The van der Waals surface area contributed by atoms with Gasteiger partial charge < -0.3 is 10.1 Å². The molecule has 0 saturated carbocycles. The van der Waals surface area contributed by atoms with Crippen LogP contribution in [0.3, 0.4) is 0 Å². The molecular formula is C16H25Cl2NO. The lowest BCUT2D eigenvalue weighted by Crippen LogP contribution is -2.39. The van der Waals surface area contributed by atoms with E-state index in [9.17, 15) is 0 Å². The Balaban J connectivity index is 2.77. The van der Waals surface area contributed by atoms with Gasteiger partial charge >= 0.3 is 0 Å². The fourth-order valence-electron chi connectivity index (χ4n) is 2.13. The van der Waals surface area contributed by atoms with Crippen molar-refractivity contribution in [1.82, 2.24) is 5.32 Å². The molecule has 1 unspecified atom stereocenters. The predicted octanol–water partition coefficient (Wildman–Crippen LogP) is 4.43. The van der Waals surface area contributed by atoms with Crippen LogP contribution in [-0.2, 0) is 11.2 Å². The van der Waals surface area contributed by atoms with Crippen molar-refractivity contribution < 1.29 is 4.74 Å². The van der Waals surface area contributed by atoms with Gasteiger partial charge in [0.15, 0.2) is 0 Å². The molecule has 0 bridgehead atoms. The van der Waals surface area contributed by atoms with Crippen molar-refractivity contribution in [3.8, 4) is 0 Å². The summed E-state index contributed by atoms with van der Waals surface area (Å²) in [7, 11) is 1.72. The van der Waals surface area contributed by atoms with E-state index < -0.39 is 0 Å². The summed E-state index contributed by atoms with van der Waals surface area (Å²) in [4.78, 5) is 0. The lowest BCUT2D eigenvalue weighted by atomic mass is 9.74. The van der Waals surface area contributed by atoms with Gasteiger partial charge in [-0.3, -0.25) is 0 Å². The topological polar surface area (TPSA) is 21.3 Å². The Bertz CT molecular complexity index is 423. The summed E-state index contributed by atoms with van der Waals surface area (Å²) < 4.78 is 5.07. The number of benzene rings is 1. The quantitative estimate of drug-likeness (QED) is 0.716. The smallest absolute Gasteiger partial charge is 0.0587 e. The van der Waals surface area contributed by atoms with Gasteiger partial charge in [-0.15, -0.1) is 0 Å². The Morgan fingerprint density at radius 3 is 2.60 bits per heavy atom. The number of rotatable bonds is 8. The number of halogens is 2. The Morgan fingerprint density at radius 1 is 1.30 bits per heavy atom. The summed E-state index contributed by atoms with van der Waals surface area (Å²) in [6, 6.07) is 5.68. The van der Waals surface area contributed by atoms with Crippen molar-refractivity contribution in [2.75, 3.05) is 26.8 Å². The Kier molecular flexibility index (Phi) is 7.32. The molecule has 1 aromatic rings. The molecule has 0 aliphatic rings. The van der Waals surface area contributed by atoms with E-state index in [2.05, 4.69) is 26.1 Å². The molecule has 0 saturated heterocycles. The first-order valence-corrected chi connectivity index (χ1v) is 7.78. The standard InChI is InChI=1S/C16H25Cl2NO/c1-12(2)16(3,11-19-7-8-20-4)10-13-9-14(17)5-6-15(13)18/h5-6,9,12,19H,7-8,10-11H2,1-4H3.